The van der Waals surface area contributed by atoms with Gasteiger partial charge in [-0.2, -0.15) is 0 Å². The number of carbonyl (C=O) groups excluding carboxylic acids is 2. The van der Waals surface area contributed by atoms with Crippen molar-refractivity contribution in [3.8, 4) is 0 Å². The summed E-state index contributed by atoms with van der Waals surface area (Å²) in [6, 6.07) is 25.6. The van der Waals surface area contributed by atoms with Gasteiger partial charge in [-0.3, -0.25) is 9.59 Å². The van der Waals surface area contributed by atoms with Crippen LogP contribution in [0.2, 0.25) is 10.0 Å². The van der Waals surface area contributed by atoms with E-state index in [0.29, 0.717) is 32.5 Å². The van der Waals surface area contributed by atoms with Crippen LogP contribution in [-0.4, -0.2) is 11.8 Å². The number of rotatable bonds is 7. The van der Waals surface area contributed by atoms with Crippen molar-refractivity contribution < 1.29 is 9.59 Å². The summed E-state index contributed by atoms with van der Waals surface area (Å²) in [6.45, 7) is 3.88. The van der Waals surface area contributed by atoms with Gasteiger partial charge in [0.1, 0.15) is 0 Å². The highest BCUT2D eigenvalue weighted by atomic mass is 35.5. The fraction of sp³-hybridized carbons (Fsp3) is 0.0714. The summed E-state index contributed by atoms with van der Waals surface area (Å²) < 4.78 is 0. The highest BCUT2D eigenvalue weighted by molar-refractivity contribution is 8.76. The maximum atomic E-state index is 13.0. The third-order valence-corrected chi connectivity index (χ3v) is 8.34. The van der Waals surface area contributed by atoms with E-state index in [4.69, 9.17) is 23.2 Å². The summed E-state index contributed by atoms with van der Waals surface area (Å²) in [5.41, 5.74) is 4.16. The molecule has 0 heterocycles. The Morgan fingerprint density at radius 3 is 1.39 bits per heavy atom. The first-order valence-electron chi connectivity index (χ1n) is 11.0. The zero-order valence-corrected chi connectivity index (χ0v) is 22.6. The monoisotopic (exact) mass is 552 g/mol. The lowest BCUT2D eigenvalue weighted by Crippen LogP contribution is -2.13. The molecule has 36 heavy (non-hydrogen) atoms. The molecule has 0 spiro atoms. The average molecular weight is 554 g/mol. The Bertz CT molecular complexity index is 1330. The molecule has 4 aromatic rings. The van der Waals surface area contributed by atoms with Crippen molar-refractivity contribution >= 4 is 68.0 Å². The van der Waals surface area contributed by atoms with Gasteiger partial charge < -0.3 is 10.6 Å². The molecule has 4 nitrogen and oxygen atoms in total. The maximum Gasteiger partial charge on any atom is 0.256 e. The highest BCUT2D eigenvalue weighted by Crippen LogP contribution is 2.41. The van der Waals surface area contributed by atoms with E-state index >= 15 is 0 Å². The Labute approximate surface area is 228 Å². The molecule has 0 aromatic heterocycles. The van der Waals surface area contributed by atoms with E-state index in [1.165, 1.54) is 21.6 Å². The van der Waals surface area contributed by atoms with Crippen LogP contribution in [0, 0.1) is 13.8 Å². The lowest BCUT2D eigenvalue weighted by atomic mass is 10.2. The van der Waals surface area contributed by atoms with Crippen molar-refractivity contribution in [2.24, 2.45) is 0 Å². The molecule has 182 valence electrons. The van der Waals surface area contributed by atoms with Crippen LogP contribution in [0.3, 0.4) is 0 Å². The lowest BCUT2D eigenvalue weighted by molar-refractivity contribution is 0.101. The quantitative estimate of drug-likeness (QED) is 0.224. The van der Waals surface area contributed by atoms with Gasteiger partial charge in [0, 0.05) is 9.79 Å². The predicted octanol–water partition coefficient (Wildman–Crippen LogP) is 8.91. The van der Waals surface area contributed by atoms with E-state index in [0.717, 1.165) is 20.9 Å². The molecule has 4 rings (SSSR count). The summed E-state index contributed by atoms with van der Waals surface area (Å²) in [7, 11) is 2.81. The minimum Gasteiger partial charge on any atom is -0.321 e. The molecule has 0 aliphatic rings. The average Bonchev–Trinajstić information content (AvgIpc) is 2.86. The first-order chi connectivity index (χ1) is 17.3. The fourth-order valence-corrected chi connectivity index (χ4v) is 6.29. The molecule has 2 amide bonds. The first kappa shape index (κ1) is 26.2. The van der Waals surface area contributed by atoms with Crippen molar-refractivity contribution in [2.75, 3.05) is 10.6 Å². The van der Waals surface area contributed by atoms with E-state index in [-0.39, 0.29) is 11.8 Å². The maximum absolute atomic E-state index is 13.0. The summed E-state index contributed by atoms with van der Waals surface area (Å²) in [5, 5.41) is 6.74. The third-order valence-electron chi connectivity index (χ3n) is 5.23. The van der Waals surface area contributed by atoms with E-state index < -0.39 is 0 Å². The molecule has 2 N–H and O–H groups in total. The zero-order valence-electron chi connectivity index (χ0n) is 19.5. The fourth-order valence-electron chi connectivity index (χ4n) is 3.37. The summed E-state index contributed by atoms with van der Waals surface area (Å²) >= 11 is 12.6. The highest BCUT2D eigenvalue weighted by Gasteiger charge is 2.17. The molecule has 0 aliphatic heterocycles. The van der Waals surface area contributed by atoms with E-state index in [2.05, 4.69) is 10.6 Å². The normalized spacial score (nSPS) is 10.7. The standard InChI is InChI=1S/C28H22Cl2N2O2S2/c1-17-11-13-23(21(29)15-17)31-27(33)19-7-3-5-9-25(19)35-36-26-10-6-4-8-20(26)28(34)32-24-14-12-18(2)16-22(24)30/h3-16H,1-2H3,(H,31,33)(H,32,34). The van der Waals surface area contributed by atoms with Crippen LogP contribution in [-0.2, 0) is 0 Å². The second kappa shape index (κ2) is 11.9. The summed E-state index contributed by atoms with van der Waals surface area (Å²) in [6.07, 6.45) is 0. The van der Waals surface area contributed by atoms with Crippen molar-refractivity contribution in [3.05, 3.63) is 117 Å². The van der Waals surface area contributed by atoms with Crippen molar-refractivity contribution in [1.82, 2.24) is 0 Å². The van der Waals surface area contributed by atoms with Crippen molar-refractivity contribution in [3.63, 3.8) is 0 Å². The molecule has 8 heteroatoms. The summed E-state index contributed by atoms with van der Waals surface area (Å²) in [5.74, 6) is -0.519. The van der Waals surface area contributed by atoms with Crippen LogP contribution < -0.4 is 10.6 Å². The Kier molecular flexibility index (Phi) is 8.64. The van der Waals surface area contributed by atoms with Gasteiger partial charge in [-0.25, -0.2) is 0 Å². The molecule has 0 saturated carbocycles. The Morgan fingerprint density at radius 2 is 1.00 bits per heavy atom. The number of anilines is 2. The van der Waals surface area contributed by atoms with Gasteiger partial charge >= 0.3 is 0 Å². The van der Waals surface area contributed by atoms with E-state index in [1.807, 2.05) is 62.4 Å². The van der Waals surface area contributed by atoms with Gasteiger partial charge in [-0.15, -0.1) is 0 Å². The second-order valence-electron chi connectivity index (χ2n) is 8.03. The Balaban J connectivity index is 1.50. The van der Waals surface area contributed by atoms with Gasteiger partial charge in [0.15, 0.2) is 0 Å². The molecular weight excluding hydrogens is 531 g/mol. The molecule has 0 bridgehead atoms. The molecule has 4 aromatic carbocycles. The number of hydrogen-bond donors (Lipinski definition) is 2. The van der Waals surface area contributed by atoms with Crippen LogP contribution in [0.15, 0.2) is 94.7 Å². The third kappa shape index (κ3) is 6.45. The van der Waals surface area contributed by atoms with Crippen molar-refractivity contribution in [1.29, 1.82) is 0 Å². The molecule has 0 radical (unpaired) electrons. The zero-order chi connectivity index (χ0) is 25.7. The topological polar surface area (TPSA) is 58.2 Å². The first-order valence-corrected chi connectivity index (χ1v) is 13.9. The number of aryl methyl sites for hydroxylation is 2. The second-order valence-corrected chi connectivity index (χ2v) is 11.1. The number of amides is 2. The molecule has 0 aliphatic carbocycles. The van der Waals surface area contributed by atoms with Crippen LogP contribution in [0.5, 0.6) is 0 Å². The number of carbonyl (C=O) groups is 2. The number of nitrogens with one attached hydrogen (secondary N) is 2. The van der Waals surface area contributed by atoms with Crippen LogP contribution in [0.4, 0.5) is 11.4 Å². The summed E-state index contributed by atoms with van der Waals surface area (Å²) in [4.78, 5) is 27.6. The van der Waals surface area contributed by atoms with Gasteiger partial charge in [0.05, 0.1) is 32.5 Å². The van der Waals surface area contributed by atoms with Gasteiger partial charge in [0.2, 0.25) is 0 Å². The van der Waals surface area contributed by atoms with Crippen molar-refractivity contribution in [2.45, 2.75) is 23.6 Å². The predicted molar refractivity (Wildman–Crippen MR) is 153 cm³/mol. The van der Waals surface area contributed by atoms with Gasteiger partial charge in [-0.1, -0.05) is 81.2 Å². The van der Waals surface area contributed by atoms with Gasteiger partial charge in [0.25, 0.3) is 11.8 Å². The smallest absolute Gasteiger partial charge is 0.256 e. The van der Waals surface area contributed by atoms with Gasteiger partial charge in [-0.05, 0) is 73.5 Å². The number of benzene rings is 4. The Morgan fingerprint density at radius 1 is 0.611 bits per heavy atom. The molecule has 0 fully saturated rings. The SMILES string of the molecule is Cc1ccc(NC(=O)c2ccccc2SSc2ccccc2C(=O)Nc2ccc(C)cc2Cl)c(Cl)c1. The van der Waals surface area contributed by atoms with Crippen LogP contribution >= 0.6 is 44.8 Å². The largest absolute Gasteiger partial charge is 0.321 e. The number of halogens is 2. The molecule has 0 atom stereocenters. The molecule has 0 saturated heterocycles. The molecular formula is C28H22Cl2N2O2S2. The minimum atomic E-state index is -0.260. The van der Waals surface area contributed by atoms with Crippen LogP contribution in [0.25, 0.3) is 0 Å². The number of hydrogen-bond acceptors (Lipinski definition) is 4. The minimum absolute atomic E-state index is 0.260. The molecule has 0 unspecified atom stereocenters. The lowest BCUT2D eigenvalue weighted by Gasteiger charge is -2.13. The van der Waals surface area contributed by atoms with Crippen LogP contribution in [0.1, 0.15) is 31.8 Å². The van der Waals surface area contributed by atoms with E-state index in [9.17, 15) is 9.59 Å². The van der Waals surface area contributed by atoms with E-state index in [1.54, 1.807) is 36.4 Å². The Hall–Kier alpha value is -2.90.